The summed E-state index contributed by atoms with van der Waals surface area (Å²) in [4.78, 5) is 14.3. The van der Waals surface area contributed by atoms with Crippen LogP contribution in [0.3, 0.4) is 0 Å². The van der Waals surface area contributed by atoms with Crippen molar-refractivity contribution in [2.75, 3.05) is 26.7 Å². The molecule has 21 heavy (non-hydrogen) atoms. The highest BCUT2D eigenvalue weighted by Crippen LogP contribution is 2.19. The van der Waals surface area contributed by atoms with Crippen LogP contribution >= 0.6 is 12.4 Å². The molecule has 0 bridgehead atoms. The third-order valence-electron chi connectivity index (χ3n) is 3.86. The standard InChI is InChI=1S/C16H24N2O2.ClH/c1-18(12-14-9-5-6-10-20-14)16(19)15(11-17)13-7-3-2-4-8-13;/h2-4,7-8,14-15H,5-6,9-12,17H2,1H3;1H. The minimum Gasteiger partial charge on any atom is -0.376 e. The summed E-state index contributed by atoms with van der Waals surface area (Å²) < 4.78 is 5.69. The molecule has 2 rings (SSSR count). The SMILES string of the molecule is CN(CC1CCCCO1)C(=O)C(CN)c1ccccc1.Cl. The Hall–Kier alpha value is -1.10. The highest BCUT2D eigenvalue weighted by Gasteiger charge is 2.25. The van der Waals surface area contributed by atoms with E-state index in [0.29, 0.717) is 13.1 Å². The lowest BCUT2D eigenvalue weighted by Crippen LogP contribution is -2.41. The monoisotopic (exact) mass is 312 g/mol. The zero-order valence-electron chi connectivity index (χ0n) is 12.5. The maximum absolute atomic E-state index is 12.5. The third-order valence-corrected chi connectivity index (χ3v) is 3.86. The number of amides is 1. The van der Waals surface area contributed by atoms with E-state index in [1.807, 2.05) is 37.4 Å². The fourth-order valence-corrected chi connectivity index (χ4v) is 2.68. The lowest BCUT2D eigenvalue weighted by atomic mass is 9.97. The molecule has 1 aromatic carbocycles. The van der Waals surface area contributed by atoms with Gasteiger partial charge in [0.15, 0.2) is 0 Å². The number of nitrogens with two attached hydrogens (primary N) is 1. The number of hydrogen-bond acceptors (Lipinski definition) is 3. The van der Waals surface area contributed by atoms with E-state index in [0.717, 1.165) is 25.0 Å². The van der Waals surface area contributed by atoms with Crippen molar-refractivity contribution >= 4 is 18.3 Å². The van der Waals surface area contributed by atoms with E-state index in [1.165, 1.54) is 6.42 Å². The topological polar surface area (TPSA) is 55.6 Å². The van der Waals surface area contributed by atoms with Gasteiger partial charge in [0, 0.05) is 26.7 Å². The van der Waals surface area contributed by atoms with Crippen LogP contribution in [-0.4, -0.2) is 43.7 Å². The molecule has 0 spiro atoms. The second-order valence-electron chi connectivity index (χ2n) is 5.41. The van der Waals surface area contributed by atoms with Gasteiger partial charge in [-0.3, -0.25) is 4.79 Å². The molecule has 0 aromatic heterocycles. The number of nitrogens with zero attached hydrogens (tertiary/aromatic N) is 1. The smallest absolute Gasteiger partial charge is 0.231 e. The second kappa shape index (κ2) is 9.03. The molecule has 5 heteroatoms. The number of halogens is 1. The first-order valence-electron chi connectivity index (χ1n) is 7.34. The first-order valence-corrected chi connectivity index (χ1v) is 7.34. The van der Waals surface area contributed by atoms with Gasteiger partial charge >= 0.3 is 0 Å². The summed E-state index contributed by atoms with van der Waals surface area (Å²) in [6, 6.07) is 9.74. The second-order valence-corrected chi connectivity index (χ2v) is 5.41. The molecule has 1 heterocycles. The molecule has 0 aliphatic carbocycles. The average molecular weight is 313 g/mol. The Kier molecular flexibility index (Phi) is 7.72. The Balaban J connectivity index is 0.00000220. The van der Waals surface area contributed by atoms with Gasteiger partial charge in [-0.25, -0.2) is 0 Å². The quantitative estimate of drug-likeness (QED) is 0.906. The van der Waals surface area contributed by atoms with Crippen LogP contribution in [0, 0.1) is 0 Å². The Bertz CT molecular complexity index is 422. The molecule has 2 N–H and O–H groups in total. The van der Waals surface area contributed by atoms with Crippen LogP contribution in [0.1, 0.15) is 30.7 Å². The number of rotatable bonds is 5. The van der Waals surface area contributed by atoms with E-state index in [1.54, 1.807) is 4.90 Å². The number of likely N-dealkylation sites (N-methyl/N-ethyl adjacent to an activating group) is 1. The highest BCUT2D eigenvalue weighted by atomic mass is 35.5. The lowest BCUT2D eigenvalue weighted by molar-refractivity contribution is -0.133. The van der Waals surface area contributed by atoms with E-state index < -0.39 is 0 Å². The van der Waals surface area contributed by atoms with E-state index in [-0.39, 0.29) is 30.3 Å². The van der Waals surface area contributed by atoms with Gasteiger partial charge in [0.05, 0.1) is 12.0 Å². The summed E-state index contributed by atoms with van der Waals surface area (Å²) >= 11 is 0. The van der Waals surface area contributed by atoms with Crippen molar-refractivity contribution in [2.24, 2.45) is 5.73 Å². The van der Waals surface area contributed by atoms with E-state index >= 15 is 0 Å². The first-order chi connectivity index (χ1) is 9.72. The van der Waals surface area contributed by atoms with Gasteiger partial charge in [-0.15, -0.1) is 12.4 Å². The van der Waals surface area contributed by atoms with E-state index in [2.05, 4.69) is 0 Å². The van der Waals surface area contributed by atoms with Gasteiger partial charge < -0.3 is 15.4 Å². The summed E-state index contributed by atoms with van der Waals surface area (Å²) in [6.45, 7) is 1.80. The van der Waals surface area contributed by atoms with Crippen LogP contribution in [0.5, 0.6) is 0 Å². The van der Waals surface area contributed by atoms with Crippen LogP contribution in [0.15, 0.2) is 30.3 Å². The molecular formula is C16H25ClN2O2. The molecule has 2 unspecified atom stereocenters. The Labute approximate surface area is 133 Å². The molecule has 2 atom stereocenters. The van der Waals surface area contributed by atoms with Gasteiger partial charge in [-0.1, -0.05) is 30.3 Å². The van der Waals surface area contributed by atoms with Crippen LogP contribution in [0.4, 0.5) is 0 Å². The molecule has 1 aliphatic rings. The maximum atomic E-state index is 12.5. The Morgan fingerprint density at radius 2 is 2.10 bits per heavy atom. The van der Waals surface area contributed by atoms with Crippen molar-refractivity contribution < 1.29 is 9.53 Å². The van der Waals surface area contributed by atoms with Crippen LogP contribution in [0.2, 0.25) is 0 Å². The first kappa shape index (κ1) is 18.0. The van der Waals surface area contributed by atoms with Crippen molar-refractivity contribution in [3.8, 4) is 0 Å². The van der Waals surface area contributed by atoms with Crippen molar-refractivity contribution in [3.63, 3.8) is 0 Å². The fraction of sp³-hybridized carbons (Fsp3) is 0.562. The number of carbonyl (C=O) groups excluding carboxylic acids is 1. The minimum atomic E-state index is -0.259. The molecule has 1 aliphatic heterocycles. The normalized spacial score (nSPS) is 19.4. The van der Waals surface area contributed by atoms with Gasteiger partial charge in [-0.2, -0.15) is 0 Å². The molecule has 1 saturated heterocycles. The van der Waals surface area contributed by atoms with Crippen molar-refractivity contribution in [1.82, 2.24) is 4.90 Å². The number of hydrogen-bond donors (Lipinski definition) is 1. The molecule has 4 nitrogen and oxygen atoms in total. The summed E-state index contributed by atoms with van der Waals surface area (Å²) in [5, 5.41) is 0. The number of carbonyl (C=O) groups is 1. The van der Waals surface area contributed by atoms with Crippen LogP contribution < -0.4 is 5.73 Å². The molecule has 1 fully saturated rings. The summed E-state index contributed by atoms with van der Waals surface area (Å²) in [5.41, 5.74) is 6.78. The summed E-state index contributed by atoms with van der Waals surface area (Å²) in [6.07, 6.45) is 3.53. The molecule has 1 aromatic rings. The van der Waals surface area contributed by atoms with E-state index in [9.17, 15) is 4.79 Å². The average Bonchev–Trinajstić information content (AvgIpc) is 2.50. The highest BCUT2D eigenvalue weighted by molar-refractivity contribution is 5.85. The molecule has 1 amide bonds. The molecular weight excluding hydrogens is 288 g/mol. The Morgan fingerprint density at radius 1 is 1.38 bits per heavy atom. The van der Waals surface area contributed by atoms with Crippen LogP contribution in [0.25, 0.3) is 0 Å². The minimum absolute atomic E-state index is 0. The van der Waals surface area contributed by atoms with Gasteiger partial charge in [-0.05, 0) is 24.8 Å². The Morgan fingerprint density at radius 3 is 2.67 bits per heavy atom. The van der Waals surface area contributed by atoms with Gasteiger partial charge in [0.2, 0.25) is 5.91 Å². The summed E-state index contributed by atoms with van der Waals surface area (Å²) in [5.74, 6) is -0.183. The van der Waals surface area contributed by atoms with Gasteiger partial charge in [0.1, 0.15) is 0 Å². The van der Waals surface area contributed by atoms with E-state index in [4.69, 9.17) is 10.5 Å². The number of ether oxygens (including phenoxy) is 1. The number of benzene rings is 1. The van der Waals surface area contributed by atoms with Crippen molar-refractivity contribution in [2.45, 2.75) is 31.3 Å². The van der Waals surface area contributed by atoms with Gasteiger partial charge in [0.25, 0.3) is 0 Å². The molecule has 0 saturated carbocycles. The third kappa shape index (κ3) is 4.99. The van der Waals surface area contributed by atoms with Crippen LogP contribution in [-0.2, 0) is 9.53 Å². The zero-order chi connectivity index (χ0) is 14.4. The molecule has 0 radical (unpaired) electrons. The largest absolute Gasteiger partial charge is 0.376 e. The predicted octanol–water partition coefficient (Wildman–Crippen LogP) is 2.18. The predicted molar refractivity (Wildman–Crippen MR) is 86.7 cm³/mol. The lowest BCUT2D eigenvalue weighted by Gasteiger charge is -2.29. The van der Waals surface area contributed by atoms with Crippen molar-refractivity contribution in [3.05, 3.63) is 35.9 Å². The summed E-state index contributed by atoms with van der Waals surface area (Å²) in [7, 11) is 1.84. The molecule has 118 valence electrons. The zero-order valence-corrected chi connectivity index (χ0v) is 13.3. The fourth-order valence-electron chi connectivity index (χ4n) is 2.68. The van der Waals surface area contributed by atoms with Crippen molar-refractivity contribution in [1.29, 1.82) is 0 Å². The maximum Gasteiger partial charge on any atom is 0.231 e.